The summed E-state index contributed by atoms with van der Waals surface area (Å²) in [6, 6.07) is 12.2. The molecule has 2 saturated carbocycles. The number of carbonyl (C=O) groups is 3. The van der Waals surface area contributed by atoms with Crippen molar-refractivity contribution in [3.8, 4) is 22.4 Å². The molecule has 1 aromatic carbocycles. The minimum absolute atomic E-state index is 0.0621. The van der Waals surface area contributed by atoms with E-state index in [0.29, 0.717) is 30.4 Å². The molecule has 1 unspecified atom stereocenters. The molecule has 1 aliphatic heterocycles. The summed E-state index contributed by atoms with van der Waals surface area (Å²) in [5.74, 6) is -0.939. The van der Waals surface area contributed by atoms with Gasteiger partial charge in [-0.05, 0) is 36.8 Å². The van der Waals surface area contributed by atoms with Crippen molar-refractivity contribution in [2.45, 2.75) is 69.7 Å². The average molecular weight is 559 g/mol. The number of benzene rings is 1. The van der Waals surface area contributed by atoms with E-state index >= 15 is 0 Å². The molecule has 3 aromatic rings. The highest BCUT2D eigenvalue weighted by Crippen LogP contribution is 2.40. The van der Waals surface area contributed by atoms with Crippen LogP contribution >= 0.6 is 11.3 Å². The largest absolute Gasteiger partial charge is 0.481 e. The molecule has 3 fully saturated rings. The summed E-state index contributed by atoms with van der Waals surface area (Å²) < 4.78 is 0. The number of carbonyl (C=O) groups excluding carboxylic acids is 2. The van der Waals surface area contributed by atoms with Gasteiger partial charge in [-0.25, -0.2) is 4.98 Å². The molecule has 2 N–H and O–H groups in total. The smallest absolute Gasteiger partial charge is 0.304 e. The van der Waals surface area contributed by atoms with Crippen molar-refractivity contribution >= 4 is 34.3 Å². The van der Waals surface area contributed by atoms with Crippen LogP contribution in [0.15, 0.2) is 48.0 Å². The maximum Gasteiger partial charge on any atom is 0.304 e. The van der Waals surface area contributed by atoms with Crippen molar-refractivity contribution in [3.63, 3.8) is 0 Å². The third kappa shape index (κ3) is 5.80. The van der Waals surface area contributed by atoms with Gasteiger partial charge in [-0.3, -0.25) is 24.3 Å². The van der Waals surface area contributed by atoms with E-state index in [1.807, 2.05) is 48.0 Å². The van der Waals surface area contributed by atoms with E-state index in [0.717, 1.165) is 66.6 Å². The Balaban J connectivity index is 1.25. The summed E-state index contributed by atoms with van der Waals surface area (Å²) in [4.78, 5) is 48.6. The monoisotopic (exact) mass is 558 g/mol. The minimum Gasteiger partial charge on any atom is -0.481 e. The Labute approximate surface area is 237 Å². The highest BCUT2D eigenvalue weighted by Gasteiger charge is 2.40. The van der Waals surface area contributed by atoms with E-state index in [1.165, 1.54) is 11.3 Å². The van der Waals surface area contributed by atoms with E-state index in [9.17, 15) is 19.5 Å². The van der Waals surface area contributed by atoms with Gasteiger partial charge in [0.2, 0.25) is 11.8 Å². The fourth-order valence-electron chi connectivity index (χ4n) is 6.17. The summed E-state index contributed by atoms with van der Waals surface area (Å²) in [5.41, 5.74) is 4.60. The predicted molar refractivity (Wildman–Crippen MR) is 154 cm³/mol. The molecule has 3 aliphatic rings. The second-order valence-corrected chi connectivity index (χ2v) is 12.2. The number of anilines is 1. The first-order valence-electron chi connectivity index (χ1n) is 14.3. The minimum atomic E-state index is -0.920. The van der Waals surface area contributed by atoms with E-state index in [4.69, 9.17) is 4.98 Å². The number of nitrogens with zero attached hydrogens (tertiary/aromatic N) is 3. The molecular weight excluding hydrogens is 524 g/mol. The van der Waals surface area contributed by atoms with Crippen molar-refractivity contribution in [1.29, 1.82) is 0 Å². The molecule has 0 radical (unpaired) electrons. The fraction of sp³-hybridized carbons (Fsp3) is 0.452. The zero-order chi connectivity index (χ0) is 27.6. The summed E-state index contributed by atoms with van der Waals surface area (Å²) in [6.45, 7) is 0.619. The average Bonchev–Trinajstić information content (AvgIpc) is 3.31. The van der Waals surface area contributed by atoms with Crippen molar-refractivity contribution in [2.24, 2.45) is 11.8 Å². The second-order valence-electron chi connectivity index (χ2n) is 11.4. The maximum atomic E-state index is 13.8. The Bertz CT molecular complexity index is 1390. The molecule has 9 heteroatoms. The topological polar surface area (TPSA) is 112 Å². The van der Waals surface area contributed by atoms with Crippen LogP contribution in [0.2, 0.25) is 0 Å². The van der Waals surface area contributed by atoms with Crippen LogP contribution in [0.5, 0.6) is 0 Å². The first-order chi connectivity index (χ1) is 19.5. The summed E-state index contributed by atoms with van der Waals surface area (Å²) in [6.07, 6.45) is 9.15. The Hall–Kier alpha value is -3.59. The number of amides is 2. The number of aliphatic carboxylic acids is 1. The first-order valence-corrected chi connectivity index (χ1v) is 15.2. The lowest BCUT2D eigenvalue weighted by Crippen LogP contribution is -2.39. The van der Waals surface area contributed by atoms with Crippen molar-refractivity contribution in [2.75, 3.05) is 11.4 Å². The number of hydrogen-bond acceptors (Lipinski definition) is 6. The van der Waals surface area contributed by atoms with Gasteiger partial charge in [0.05, 0.1) is 12.1 Å². The molecule has 0 spiro atoms. The van der Waals surface area contributed by atoms with Crippen molar-refractivity contribution < 1.29 is 19.5 Å². The lowest BCUT2D eigenvalue weighted by atomic mass is 9.90. The molecule has 8 nitrogen and oxygen atoms in total. The van der Waals surface area contributed by atoms with E-state index in [2.05, 4.69) is 10.3 Å². The normalized spacial score (nSPS) is 19.9. The maximum absolute atomic E-state index is 13.8. The molecule has 1 saturated heterocycles. The lowest BCUT2D eigenvalue weighted by Gasteiger charge is -2.26. The van der Waals surface area contributed by atoms with Gasteiger partial charge in [0.25, 0.3) is 0 Å². The number of aromatic nitrogens is 2. The number of pyridine rings is 1. The van der Waals surface area contributed by atoms with Gasteiger partial charge in [-0.15, -0.1) is 11.3 Å². The first kappa shape index (κ1) is 26.6. The summed E-state index contributed by atoms with van der Waals surface area (Å²) in [7, 11) is 0. The van der Waals surface area contributed by atoms with Crippen molar-refractivity contribution in [1.82, 2.24) is 15.3 Å². The van der Waals surface area contributed by atoms with E-state index in [-0.39, 0.29) is 30.2 Å². The Morgan fingerprint density at radius 1 is 1.07 bits per heavy atom. The number of hydrogen-bond donors (Lipinski definition) is 2. The molecule has 2 aliphatic carbocycles. The molecule has 2 amide bonds. The van der Waals surface area contributed by atoms with E-state index < -0.39 is 11.9 Å². The number of rotatable bonds is 10. The Kier molecular flexibility index (Phi) is 7.65. The summed E-state index contributed by atoms with van der Waals surface area (Å²) >= 11 is 1.44. The molecule has 6 rings (SSSR count). The molecule has 2 aromatic heterocycles. The van der Waals surface area contributed by atoms with Gasteiger partial charge in [0, 0.05) is 59.2 Å². The van der Waals surface area contributed by atoms with Crippen LogP contribution < -0.4 is 10.2 Å². The predicted octanol–water partition coefficient (Wildman–Crippen LogP) is 5.64. The van der Waals surface area contributed by atoms with Gasteiger partial charge in [0.15, 0.2) is 5.13 Å². The van der Waals surface area contributed by atoms with Crippen LogP contribution in [0.4, 0.5) is 5.13 Å². The van der Waals surface area contributed by atoms with Crippen LogP contribution in [0.3, 0.4) is 0 Å². The zero-order valence-corrected chi connectivity index (χ0v) is 23.2. The van der Waals surface area contributed by atoms with Crippen LogP contribution in [0, 0.1) is 11.8 Å². The fourth-order valence-corrected chi connectivity index (χ4v) is 7.07. The Morgan fingerprint density at radius 2 is 1.85 bits per heavy atom. The van der Waals surface area contributed by atoms with Crippen LogP contribution in [-0.4, -0.2) is 45.4 Å². The zero-order valence-electron chi connectivity index (χ0n) is 22.4. The second kappa shape index (κ2) is 11.5. The molecule has 208 valence electrons. The molecule has 3 heterocycles. The number of nitrogens with one attached hydrogen (secondary N) is 1. The quantitative estimate of drug-likeness (QED) is 0.333. The van der Waals surface area contributed by atoms with Gasteiger partial charge in [0.1, 0.15) is 0 Å². The van der Waals surface area contributed by atoms with Crippen LogP contribution in [0.1, 0.15) is 69.4 Å². The molecule has 2 atom stereocenters. The summed E-state index contributed by atoms with van der Waals surface area (Å²) in [5, 5.41) is 15.1. The van der Waals surface area contributed by atoms with E-state index in [1.54, 1.807) is 4.90 Å². The number of carboxylic acid groups (broad SMARTS) is 1. The third-order valence-electron chi connectivity index (χ3n) is 8.41. The molecular formula is C31H34N4O4S. The number of carboxylic acids is 1. The van der Waals surface area contributed by atoms with Crippen LogP contribution in [-0.2, 0) is 14.4 Å². The third-order valence-corrected chi connectivity index (χ3v) is 9.25. The van der Waals surface area contributed by atoms with Gasteiger partial charge in [-0.2, -0.15) is 0 Å². The molecule has 0 bridgehead atoms. The highest BCUT2D eigenvalue weighted by atomic mass is 32.1. The van der Waals surface area contributed by atoms with Gasteiger partial charge >= 0.3 is 5.97 Å². The van der Waals surface area contributed by atoms with Gasteiger partial charge < -0.3 is 10.4 Å². The van der Waals surface area contributed by atoms with Gasteiger partial charge in [-0.1, -0.05) is 56.0 Å². The molecule has 40 heavy (non-hydrogen) atoms. The van der Waals surface area contributed by atoms with Crippen LogP contribution in [0.25, 0.3) is 22.4 Å². The SMILES string of the molecule is O=C(O)C[C@@H](CC1CCCC1)C(=O)N(c1nc(-c2ccccc2-c2ccc(C3CNC(=O)C3)nc2)cs1)C1CC1. The lowest BCUT2D eigenvalue weighted by molar-refractivity contribution is -0.141. The highest BCUT2D eigenvalue weighted by molar-refractivity contribution is 7.14. The van der Waals surface area contributed by atoms with Crippen molar-refractivity contribution in [3.05, 3.63) is 53.7 Å². The Morgan fingerprint density at radius 3 is 2.50 bits per heavy atom. The number of thiazole rings is 1. The standard InChI is InChI=1S/C31H34N4O4S/c36-28-14-22(17-33-28)26-12-9-20(16-32-26)24-7-3-4-8-25(24)27-18-40-31(34-27)35(23-10-11-23)30(39)21(15-29(37)38)13-19-5-1-2-6-19/h3-4,7-9,12,16,18-19,21-23H,1-2,5-6,10-11,13-15,17H2,(H,33,36)(H,37,38)/t21-,22?/m1/s1.